The second kappa shape index (κ2) is 4.79. The molecule has 1 N–H and O–H groups in total. The zero-order valence-electron chi connectivity index (χ0n) is 10.9. The minimum absolute atomic E-state index is 0.304. The molecule has 4 heteroatoms. The summed E-state index contributed by atoms with van der Waals surface area (Å²) in [6.45, 7) is 4.15. The number of aliphatic hydroxyl groups is 1. The first-order valence-corrected chi connectivity index (χ1v) is 7.23. The molecule has 2 heterocycles. The molecule has 0 aliphatic carbocycles. The smallest absolute Gasteiger partial charge is 0.108 e. The van der Waals surface area contributed by atoms with Crippen LogP contribution in [0.1, 0.15) is 37.1 Å². The number of benzene rings is 1. The van der Waals surface area contributed by atoms with Gasteiger partial charge in [0, 0.05) is 28.1 Å². The highest BCUT2D eigenvalue weighted by Gasteiger charge is 2.16. The van der Waals surface area contributed by atoms with E-state index in [0.29, 0.717) is 6.04 Å². The Balaban J connectivity index is 2.03. The average Bonchev–Trinajstić information content (AvgIpc) is 3.06. The molecule has 3 aromatic rings. The molecule has 0 radical (unpaired) electrons. The number of aromatic nitrogens is 2. The predicted molar refractivity (Wildman–Crippen MR) is 78.5 cm³/mol. The van der Waals surface area contributed by atoms with Crippen molar-refractivity contribution >= 4 is 21.4 Å². The van der Waals surface area contributed by atoms with Gasteiger partial charge in [0.1, 0.15) is 6.10 Å². The summed E-state index contributed by atoms with van der Waals surface area (Å²) in [6, 6.07) is 8.42. The predicted octanol–water partition coefficient (Wildman–Crippen LogP) is 3.76. The van der Waals surface area contributed by atoms with Gasteiger partial charge in [-0.25, -0.2) is 0 Å². The molecule has 0 bridgehead atoms. The Labute approximate surface area is 116 Å². The van der Waals surface area contributed by atoms with Gasteiger partial charge in [-0.15, -0.1) is 11.3 Å². The van der Waals surface area contributed by atoms with E-state index in [0.717, 1.165) is 15.8 Å². The molecule has 1 aromatic carbocycles. The maximum Gasteiger partial charge on any atom is 0.108 e. The number of rotatable bonds is 3. The lowest BCUT2D eigenvalue weighted by Crippen LogP contribution is -2.01. The summed E-state index contributed by atoms with van der Waals surface area (Å²) < 4.78 is 3.01. The number of aliphatic hydroxyl groups excluding tert-OH is 1. The number of fused-ring (bicyclic) bond motifs is 1. The van der Waals surface area contributed by atoms with Gasteiger partial charge in [-0.2, -0.15) is 5.10 Å². The Bertz CT molecular complexity index is 699. The van der Waals surface area contributed by atoms with E-state index in [1.807, 2.05) is 23.0 Å². The summed E-state index contributed by atoms with van der Waals surface area (Å²) in [5.41, 5.74) is 1.80. The van der Waals surface area contributed by atoms with Crippen molar-refractivity contribution < 1.29 is 5.11 Å². The van der Waals surface area contributed by atoms with Gasteiger partial charge < -0.3 is 5.11 Å². The van der Waals surface area contributed by atoms with E-state index in [1.165, 1.54) is 5.39 Å². The highest BCUT2D eigenvalue weighted by atomic mass is 32.1. The van der Waals surface area contributed by atoms with Gasteiger partial charge in [0.2, 0.25) is 0 Å². The van der Waals surface area contributed by atoms with Crippen LogP contribution in [0.2, 0.25) is 0 Å². The normalized spacial score (nSPS) is 13.3. The van der Waals surface area contributed by atoms with Gasteiger partial charge >= 0.3 is 0 Å². The van der Waals surface area contributed by atoms with Crippen LogP contribution in [-0.2, 0) is 0 Å². The Kier molecular flexibility index (Phi) is 3.12. The lowest BCUT2D eigenvalue weighted by Gasteiger charge is -2.10. The molecular formula is C15H16N2OS. The zero-order chi connectivity index (χ0) is 13.4. The van der Waals surface area contributed by atoms with E-state index in [1.54, 1.807) is 17.5 Å². The summed E-state index contributed by atoms with van der Waals surface area (Å²) >= 11 is 1.66. The number of hydrogen-bond acceptors (Lipinski definition) is 3. The van der Waals surface area contributed by atoms with Crippen molar-refractivity contribution in [1.29, 1.82) is 0 Å². The van der Waals surface area contributed by atoms with Gasteiger partial charge in [-0.3, -0.25) is 4.68 Å². The van der Waals surface area contributed by atoms with Crippen LogP contribution in [0.15, 0.2) is 42.0 Å². The SMILES string of the molecule is CC(C)n1cc(C(O)c2cccc3ccsc23)cn1. The second-order valence-corrected chi connectivity index (χ2v) is 5.85. The standard InChI is InChI=1S/C15H16N2OS/c1-10(2)17-9-12(8-16-17)14(18)13-5-3-4-11-6-7-19-15(11)13/h3-10,14,18H,1-2H3. The maximum absolute atomic E-state index is 10.6. The molecule has 3 rings (SSSR count). The molecule has 1 atom stereocenters. The number of thiophene rings is 1. The Hall–Kier alpha value is -1.65. The molecule has 0 aliphatic rings. The third-order valence-corrected chi connectivity index (χ3v) is 4.25. The summed E-state index contributed by atoms with van der Waals surface area (Å²) in [6.07, 6.45) is 3.05. The molecule has 0 saturated carbocycles. The van der Waals surface area contributed by atoms with Crippen LogP contribution in [0.3, 0.4) is 0 Å². The van der Waals surface area contributed by atoms with Gasteiger partial charge in [0.05, 0.1) is 6.20 Å². The van der Waals surface area contributed by atoms with Crippen molar-refractivity contribution in [3.63, 3.8) is 0 Å². The fourth-order valence-corrected chi connectivity index (χ4v) is 3.13. The second-order valence-electron chi connectivity index (χ2n) is 4.94. The van der Waals surface area contributed by atoms with Crippen LogP contribution in [0.5, 0.6) is 0 Å². The van der Waals surface area contributed by atoms with Crippen LogP contribution < -0.4 is 0 Å². The third kappa shape index (κ3) is 2.17. The highest BCUT2D eigenvalue weighted by molar-refractivity contribution is 7.17. The summed E-state index contributed by atoms with van der Waals surface area (Å²) in [5.74, 6) is 0. The van der Waals surface area contributed by atoms with Crippen LogP contribution in [0, 0.1) is 0 Å². The molecule has 0 fully saturated rings. The highest BCUT2D eigenvalue weighted by Crippen LogP contribution is 2.32. The molecule has 0 aliphatic heterocycles. The molecule has 98 valence electrons. The molecule has 1 unspecified atom stereocenters. The minimum Gasteiger partial charge on any atom is -0.383 e. The molecular weight excluding hydrogens is 256 g/mol. The van der Waals surface area contributed by atoms with Gasteiger partial charge in [0.25, 0.3) is 0 Å². The Morgan fingerprint density at radius 2 is 2.11 bits per heavy atom. The summed E-state index contributed by atoms with van der Waals surface area (Å²) in [4.78, 5) is 0. The van der Waals surface area contributed by atoms with Crippen molar-refractivity contribution in [2.24, 2.45) is 0 Å². The first kappa shape index (κ1) is 12.4. The molecule has 0 amide bonds. The Morgan fingerprint density at radius 3 is 2.84 bits per heavy atom. The van der Waals surface area contributed by atoms with E-state index in [4.69, 9.17) is 0 Å². The van der Waals surface area contributed by atoms with Gasteiger partial charge in [-0.05, 0) is 30.7 Å². The van der Waals surface area contributed by atoms with E-state index < -0.39 is 6.10 Å². The molecule has 3 nitrogen and oxygen atoms in total. The Morgan fingerprint density at radius 1 is 1.26 bits per heavy atom. The average molecular weight is 272 g/mol. The summed E-state index contributed by atoms with van der Waals surface area (Å²) in [7, 11) is 0. The monoisotopic (exact) mass is 272 g/mol. The number of hydrogen-bond donors (Lipinski definition) is 1. The van der Waals surface area contributed by atoms with Crippen molar-refractivity contribution in [2.45, 2.75) is 26.0 Å². The summed E-state index contributed by atoms with van der Waals surface area (Å²) in [5, 5.41) is 18.1. The van der Waals surface area contributed by atoms with Crippen molar-refractivity contribution in [1.82, 2.24) is 9.78 Å². The topological polar surface area (TPSA) is 38.0 Å². The van der Waals surface area contributed by atoms with E-state index in [9.17, 15) is 5.11 Å². The van der Waals surface area contributed by atoms with Crippen LogP contribution in [0.4, 0.5) is 0 Å². The van der Waals surface area contributed by atoms with E-state index >= 15 is 0 Å². The first-order valence-electron chi connectivity index (χ1n) is 6.35. The fraction of sp³-hybridized carbons (Fsp3) is 0.267. The minimum atomic E-state index is -0.616. The fourth-order valence-electron chi connectivity index (χ4n) is 2.19. The van der Waals surface area contributed by atoms with Crippen molar-refractivity contribution in [3.05, 3.63) is 53.2 Å². The maximum atomic E-state index is 10.6. The first-order chi connectivity index (χ1) is 9.16. The largest absolute Gasteiger partial charge is 0.383 e. The lowest BCUT2D eigenvalue weighted by molar-refractivity contribution is 0.222. The lowest BCUT2D eigenvalue weighted by atomic mass is 10.0. The van der Waals surface area contributed by atoms with Crippen LogP contribution in [-0.4, -0.2) is 14.9 Å². The van der Waals surface area contributed by atoms with Crippen molar-refractivity contribution in [3.8, 4) is 0 Å². The molecule has 0 saturated heterocycles. The quantitative estimate of drug-likeness (QED) is 0.788. The van der Waals surface area contributed by atoms with Crippen molar-refractivity contribution in [2.75, 3.05) is 0 Å². The zero-order valence-corrected chi connectivity index (χ0v) is 11.8. The van der Waals surface area contributed by atoms with E-state index in [-0.39, 0.29) is 0 Å². The van der Waals surface area contributed by atoms with Crippen LogP contribution in [0.25, 0.3) is 10.1 Å². The molecule has 0 spiro atoms. The van der Waals surface area contributed by atoms with E-state index in [2.05, 4.69) is 36.5 Å². The molecule has 2 aromatic heterocycles. The molecule has 19 heavy (non-hydrogen) atoms. The van der Waals surface area contributed by atoms with Crippen LogP contribution >= 0.6 is 11.3 Å². The van der Waals surface area contributed by atoms with Gasteiger partial charge in [-0.1, -0.05) is 18.2 Å². The van der Waals surface area contributed by atoms with Gasteiger partial charge in [0.15, 0.2) is 0 Å². The third-order valence-electron chi connectivity index (χ3n) is 3.27. The number of nitrogens with zero attached hydrogens (tertiary/aromatic N) is 2.